The van der Waals surface area contributed by atoms with Crippen LogP contribution in [-0.2, 0) is 0 Å². The zero-order valence-corrected chi connectivity index (χ0v) is 21.4. The maximum Gasteiger partial charge on any atom is 0.101 e. The molecule has 0 saturated carbocycles. The molecule has 0 spiro atoms. The van der Waals surface area contributed by atoms with Gasteiger partial charge in [0.2, 0.25) is 0 Å². The maximum absolute atomic E-state index is 2.86. The van der Waals surface area contributed by atoms with Crippen LogP contribution in [0.3, 0.4) is 0 Å². The van der Waals surface area contributed by atoms with Gasteiger partial charge >= 0.3 is 0 Å². The van der Waals surface area contributed by atoms with Gasteiger partial charge in [-0.2, -0.15) is 0 Å². The monoisotopic (exact) mass is 486 g/mol. The van der Waals surface area contributed by atoms with E-state index in [0.717, 1.165) is 13.1 Å². The molecule has 3 aromatic rings. The van der Waals surface area contributed by atoms with Crippen molar-refractivity contribution in [1.82, 2.24) is 9.34 Å². The Bertz CT molecular complexity index is 1050. The van der Waals surface area contributed by atoms with Gasteiger partial charge in [-0.25, -0.2) is 0 Å². The second kappa shape index (κ2) is 8.92. The molecule has 0 aliphatic carbocycles. The van der Waals surface area contributed by atoms with Crippen LogP contribution in [0.1, 0.15) is 25.7 Å². The van der Waals surface area contributed by atoms with Gasteiger partial charge in [0.1, 0.15) is 16.4 Å². The van der Waals surface area contributed by atoms with Crippen molar-refractivity contribution in [2.45, 2.75) is 37.8 Å². The van der Waals surface area contributed by atoms with E-state index in [9.17, 15) is 0 Å². The SMILES string of the molecule is c1ccc(N2C[C@@H]3CCCN3[P@]2c2ccccc2[P@@]2N(c3ccccc3)C[C@@H]3CCCN32)cc1. The summed E-state index contributed by atoms with van der Waals surface area (Å²) in [6.07, 6.45) is 5.35. The second-order valence-electron chi connectivity index (χ2n) is 9.82. The summed E-state index contributed by atoms with van der Waals surface area (Å²) in [6, 6.07) is 33.2. The molecule has 3 aromatic carbocycles. The first-order chi connectivity index (χ1) is 16.9. The minimum Gasteiger partial charge on any atom is -0.333 e. The quantitative estimate of drug-likeness (QED) is 0.450. The standard InChI is InChI=1S/C28H32N4P2/c1-3-11-23(12-4-1)31-21-25-15-9-19-29(25)33(31)27-17-7-8-18-28(27)34-30-20-10-16-26(30)22-32(34)24-13-5-2-6-14-24/h1-8,11-14,17-18,25-26H,9-10,15-16,19-22H2/t25-,26-,33-,34+/m0/s1. The smallest absolute Gasteiger partial charge is 0.101 e. The van der Waals surface area contributed by atoms with Gasteiger partial charge in [0.05, 0.1) is 0 Å². The molecule has 0 N–H and O–H groups in total. The van der Waals surface area contributed by atoms with Gasteiger partial charge in [-0.15, -0.1) is 0 Å². The molecule has 0 bridgehead atoms. The first-order valence-corrected chi connectivity index (χ1v) is 15.3. The summed E-state index contributed by atoms with van der Waals surface area (Å²) < 4.78 is 11.2. The fourth-order valence-electron chi connectivity index (χ4n) is 6.31. The normalized spacial score (nSPS) is 29.1. The Morgan fingerprint density at radius 2 is 0.941 bits per heavy atom. The molecule has 4 saturated heterocycles. The zero-order valence-electron chi connectivity index (χ0n) is 19.6. The average molecular weight is 487 g/mol. The van der Waals surface area contributed by atoms with E-state index in [4.69, 9.17) is 0 Å². The van der Waals surface area contributed by atoms with Gasteiger partial charge in [-0.05, 0) is 49.9 Å². The topological polar surface area (TPSA) is 13.0 Å². The lowest BCUT2D eigenvalue weighted by Crippen LogP contribution is -2.36. The molecule has 4 fully saturated rings. The lowest BCUT2D eigenvalue weighted by atomic mass is 10.2. The summed E-state index contributed by atoms with van der Waals surface area (Å²) in [5.41, 5.74) is 2.77. The number of fused-ring (bicyclic) bond motifs is 2. The van der Waals surface area contributed by atoms with Crippen molar-refractivity contribution in [3.8, 4) is 0 Å². The van der Waals surface area contributed by atoms with Crippen LogP contribution in [0.4, 0.5) is 11.4 Å². The Balaban J connectivity index is 1.34. The molecule has 34 heavy (non-hydrogen) atoms. The highest BCUT2D eigenvalue weighted by molar-refractivity contribution is 7.71. The van der Waals surface area contributed by atoms with E-state index in [1.807, 2.05) is 0 Å². The van der Waals surface area contributed by atoms with E-state index in [1.165, 1.54) is 50.1 Å². The summed E-state index contributed by atoms with van der Waals surface area (Å²) in [7, 11) is -1.07. The molecule has 0 unspecified atom stereocenters. The number of hydrogen-bond acceptors (Lipinski definition) is 4. The Morgan fingerprint density at radius 3 is 1.38 bits per heavy atom. The van der Waals surface area contributed by atoms with Crippen molar-refractivity contribution in [1.29, 1.82) is 0 Å². The lowest BCUT2D eigenvalue weighted by molar-refractivity contribution is 0.467. The van der Waals surface area contributed by atoms with E-state index >= 15 is 0 Å². The highest BCUT2D eigenvalue weighted by Gasteiger charge is 2.48. The van der Waals surface area contributed by atoms with Crippen LogP contribution in [0.5, 0.6) is 0 Å². The second-order valence-corrected chi connectivity index (χ2v) is 13.9. The predicted molar refractivity (Wildman–Crippen MR) is 147 cm³/mol. The third-order valence-electron chi connectivity index (χ3n) is 7.82. The molecule has 4 aliphatic rings. The van der Waals surface area contributed by atoms with Gasteiger partial charge in [0.25, 0.3) is 0 Å². The van der Waals surface area contributed by atoms with Gasteiger partial charge in [0.15, 0.2) is 0 Å². The van der Waals surface area contributed by atoms with Gasteiger partial charge in [-0.1, -0.05) is 60.7 Å². The van der Waals surface area contributed by atoms with Crippen molar-refractivity contribution in [3.63, 3.8) is 0 Å². The summed E-state index contributed by atoms with van der Waals surface area (Å²) in [5.74, 6) is 0. The van der Waals surface area contributed by atoms with Crippen LogP contribution in [0, 0.1) is 0 Å². The van der Waals surface area contributed by atoms with Gasteiger partial charge in [0, 0.05) is 60.2 Å². The molecule has 4 atom stereocenters. The number of para-hydroxylation sites is 2. The number of anilines is 2. The molecule has 4 nitrogen and oxygen atoms in total. The molecule has 4 heterocycles. The minimum absolute atomic E-state index is 0.534. The largest absolute Gasteiger partial charge is 0.333 e. The van der Waals surface area contributed by atoms with Gasteiger partial charge < -0.3 is 9.34 Å². The van der Waals surface area contributed by atoms with Crippen molar-refractivity contribution >= 4 is 38.4 Å². The number of nitrogens with zero attached hydrogens (tertiary/aromatic N) is 4. The molecule has 0 aromatic heterocycles. The minimum atomic E-state index is -0.534. The fraction of sp³-hybridized carbons (Fsp3) is 0.357. The van der Waals surface area contributed by atoms with Crippen molar-refractivity contribution in [2.75, 3.05) is 35.5 Å². The van der Waals surface area contributed by atoms with Crippen LogP contribution >= 0.6 is 16.4 Å². The highest BCUT2D eigenvalue weighted by Crippen LogP contribution is 2.59. The lowest BCUT2D eigenvalue weighted by Gasteiger charge is -2.36. The van der Waals surface area contributed by atoms with Gasteiger partial charge in [-0.3, -0.25) is 9.34 Å². The van der Waals surface area contributed by atoms with E-state index in [-0.39, 0.29) is 0 Å². The summed E-state index contributed by atoms with van der Waals surface area (Å²) in [6.45, 7) is 4.80. The molecule has 6 heteroatoms. The first kappa shape index (κ1) is 21.3. The Kier molecular flexibility index (Phi) is 5.60. The van der Waals surface area contributed by atoms with Crippen molar-refractivity contribution in [2.24, 2.45) is 0 Å². The molecule has 0 amide bonds. The average Bonchev–Trinajstić information content (AvgIpc) is 3.66. The molecule has 4 aliphatic heterocycles. The third kappa shape index (κ3) is 3.50. The Morgan fingerprint density at radius 1 is 0.529 bits per heavy atom. The zero-order chi connectivity index (χ0) is 22.5. The van der Waals surface area contributed by atoms with E-state index in [2.05, 4.69) is 104 Å². The fourth-order valence-corrected chi connectivity index (χ4v) is 12.5. The van der Waals surface area contributed by atoms with Crippen LogP contribution < -0.4 is 19.9 Å². The van der Waals surface area contributed by atoms with Crippen molar-refractivity contribution < 1.29 is 0 Å². The Labute approximate surface area is 205 Å². The summed E-state index contributed by atoms with van der Waals surface area (Å²) in [4.78, 5) is 0. The molecular weight excluding hydrogens is 454 g/mol. The number of benzene rings is 3. The van der Waals surface area contributed by atoms with Crippen LogP contribution in [0.2, 0.25) is 0 Å². The number of hydrogen-bond donors (Lipinski definition) is 0. The molecule has 0 radical (unpaired) electrons. The predicted octanol–water partition coefficient (Wildman–Crippen LogP) is 5.53. The highest BCUT2D eigenvalue weighted by atomic mass is 31.1. The molecular formula is C28H32N4P2. The maximum atomic E-state index is 2.86. The Hall–Kier alpha value is -1.96. The van der Waals surface area contributed by atoms with E-state index < -0.39 is 16.4 Å². The van der Waals surface area contributed by atoms with Crippen LogP contribution in [-0.4, -0.2) is 47.6 Å². The summed E-state index contributed by atoms with van der Waals surface area (Å²) >= 11 is 0. The third-order valence-corrected chi connectivity index (χ3v) is 13.4. The molecule has 174 valence electrons. The van der Waals surface area contributed by atoms with Crippen molar-refractivity contribution in [3.05, 3.63) is 84.9 Å². The molecule has 7 rings (SSSR count). The van der Waals surface area contributed by atoms with Crippen LogP contribution in [0.25, 0.3) is 0 Å². The van der Waals surface area contributed by atoms with E-state index in [0.29, 0.717) is 12.1 Å². The van der Waals surface area contributed by atoms with E-state index in [1.54, 1.807) is 10.6 Å². The first-order valence-electron chi connectivity index (χ1n) is 12.8. The van der Waals surface area contributed by atoms with Crippen LogP contribution in [0.15, 0.2) is 84.9 Å². The summed E-state index contributed by atoms with van der Waals surface area (Å²) in [5, 5.41) is 3.18. The number of rotatable bonds is 4.